The predicted octanol–water partition coefficient (Wildman–Crippen LogP) is 2.60. The first-order valence-corrected chi connectivity index (χ1v) is 5.75. The molecule has 0 fully saturated rings. The zero-order chi connectivity index (χ0) is 11.5. The first kappa shape index (κ1) is 11.2. The molecule has 0 saturated carbocycles. The topological polar surface area (TPSA) is 51.8 Å². The fourth-order valence-electron chi connectivity index (χ4n) is 1.62. The fraction of sp³-hybridized carbons (Fsp3) is 0.167. The molecule has 1 aromatic carbocycles. The predicted molar refractivity (Wildman–Crippen MR) is 66.9 cm³/mol. The highest BCUT2D eigenvalue weighted by Gasteiger charge is 2.12. The van der Waals surface area contributed by atoms with Gasteiger partial charge >= 0.3 is 0 Å². The lowest BCUT2D eigenvalue weighted by Crippen LogP contribution is -2.14. The Bertz CT molecular complexity index is 485. The van der Waals surface area contributed by atoms with Gasteiger partial charge in [0.25, 0.3) is 0 Å². The number of nitrogens with zero attached hydrogens (tertiary/aromatic N) is 2. The highest BCUT2D eigenvalue weighted by atomic mass is 79.9. The SMILES string of the molecule is Cc1cc(Br)ccc1C(N)c1cnccn1. The molecule has 0 aliphatic heterocycles. The van der Waals surface area contributed by atoms with Gasteiger partial charge in [0.05, 0.1) is 17.9 Å². The van der Waals surface area contributed by atoms with E-state index in [-0.39, 0.29) is 6.04 Å². The van der Waals surface area contributed by atoms with Crippen molar-refractivity contribution in [2.24, 2.45) is 5.73 Å². The van der Waals surface area contributed by atoms with Gasteiger partial charge in [0, 0.05) is 16.9 Å². The molecule has 0 aliphatic carbocycles. The van der Waals surface area contributed by atoms with Gasteiger partial charge in [0.1, 0.15) is 0 Å². The second-order valence-electron chi connectivity index (χ2n) is 3.61. The fourth-order valence-corrected chi connectivity index (χ4v) is 2.09. The van der Waals surface area contributed by atoms with Gasteiger partial charge in [-0.2, -0.15) is 0 Å². The van der Waals surface area contributed by atoms with E-state index in [9.17, 15) is 0 Å². The third kappa shape index (κ3) is 2.28. The molecular weight excluding hydrogens is 266 g/mol. The maximum Gasteiger partial charge on any atom is 0.0799 e. The lowest BCUT2D eigenvalue weighted by Gasteiger charge is -2.13. The van der Waals surface area contributed by atoms with Gasteiger partial charge in [-0.1, -0.05) is 22.0 Å². The minimum Gasteiger partial charge on any atom is -0.319 e. The van der Waals surface area contributed by atoms with Crippen LogP contribution < -0.4 is 5.73 Å². The molecule has 82 valence electrons. The van der Waals surface area contributed by atoms with Crippen LogP contribution in [0.5, 0.6) is 0 Å². The summed E-state index contributed by atoms with van der Waals surface area (Å²) in [5, 5.41) is 0. The largest absolute Gasteiger partial charge is 0.319 e. The molecule has 1 heterocycles. The van der Waals surface area contributed by atoms with E-state index in [2.05, 4.69) is 25.9 Å². The van der Waals surface area contributed by atoms with Crippen molar-refractivity contribution in [3.05, 3.63) is 58.1 Å². The van der Waals surface area contributed by atoms with E-state index >= 15 is 0 Å². The molecule has 4 heteroatoms. The van der Waals surface area contributed by atoms with Crippen LogP contribution in [-0.4, -0.2) is 9.97 Å². The van der Waals surface area contributed by atoms with Crippen molar-refractivity contribution in [2.45, 2.75) is 13.0 Å². The maximum atomic E-state index is 6.15. The Morgan fingerprint density at radius 3 is 2.75 bits per heavy atom. The van der Waals surface area contributed by atoms with Crippen molar-refractivity contribution in [3.63, 3.8) is 0 Å². The second-order valence-corrected chi connectivity index (χ2v) is 4.52. The van der Waals surface area contributed by atoms with Crippen molar-refractivity contribution >= 4 is 15.9 Å². The Morgan fingerprint density at radius 2 is 2.12 bits per heavy atom. The van der Waals surface area contributed by atoms with Gasteiger partial charge in [-0.05, 0) is 30.2 Å². The highest BCUT2D eigenvalue weighted by Crippen LogP contribution is 2.23. The van der Waals surface area contributed by atoms with Crippen LogP contribution in [0.4, 0.5) is 0 Å². The minimum atomic E-state index is -0.221. The van der Waals surface area contributed by atoms with Crippen LogP contribution in [-0.2, 0) is 0 Å². The van der Waals surface area contributed by atoms with E-state index in [4.69, 9.17) is 5.73 Å². The van der Waals surface area contributed by atoms with E-state index in [0.717, 1.165) is 21.3 Å². The van der Waals surface area contributed by atoms with Gasteiger partial charge in [-0.15, -0.1) is 0 Å². The Labute approximate surface area is 103 Å². The molecule has 0 amide bonds. The number of halogens is 1. The molecule has 0 saturated heterocycles. The first-order valence-electron chi connectivity index (χ1n) is 4.96. The van der Waals surface area contributed by atoms with Crippen molar-refractivity contribution in [1.82, 2.24) is 9.97 Å². The molecule has 2 aromatic rings. The quantitative estimate of drug-likeness (QED) is 0.918. The number of aryl methyl sites for hydroxylation is 1. The zero-order valence-electron chi connectivity index (χ0n) is 8.89. The minimum absolute atomic E-state index is 0.221. The number of hydrogen-bond acceptors (Lipinski definition) is 3. The third-order valence-electron chi connectivity index (χ3n) is 2.47. The van der Waals surface area contributed by atoms with Gasteiger partial charge in [0.2, 0.25) is 0 Å². The summed E-state index contributed by atoms with van der Waals surface area (Å²) in [6.45, 7) is 2.04. The summed E-state index contributed by atoms with van der Waals surface area (Å²) >= 11 is 3.43. The standard InChI is InChI=1S/C12H12BrN3/c1-8-6-9(13)2-3-10(8)12(14)11-7-15-4-5-16-11/h2-7,12H,14H2,1H3. The number of benzene rings is 1. The Balaban J connectivity index is 2.38. The zero-order valence-corrected chi connectivity index (χ0v) is 10.5. The third-order valence-corrected chi connectivity index (χ3v) is 2.96. The maximum absolute atomic E-state index is 6.15. The van der Waals surface area contributed by atoms with Crippen LogP contribution in [0, 0.1) is 6.92 Å². The molecule has 0 radical (unpaired) electrons. The van der Waals surface area contributed by atoms with Gasteiger partial charge in [-0.25, -0.2) is 0 Å². The van der Waals surface area contributed by atoms with Crippen LogP contribution >= 0.6 is 15.9 Å². The molecular formula is C12H12BrN3. The molecule has 1 aromatic heterocycles. The first-order chi connectivity index (χ1) is 7.68. The molecule has 0 aliphatic rings. The van der Waals surface area contributed by atoms with E-state index < -0.39 is 0 Å². The van der Waals surface area contributed by atoms with Crippen molar-refractivity contribution in [1.29, 1.82) is 0 Å². The van der Waals surface area contributed by atoms with E-state index in [1.54, 1.807) is 18.6 Å². The number of hydrogen-bond donors (Lipinski definition) is 1. The molecule has 2 rings (SSSR count). The van der Waals surface area contributed by atoms with Crippen molar-refractivity contribution in [3.8, 4) is 0 Å². The summed E-state index contributed by atoms with van der Waals surface area (Å²) in [5.74, 6) is 0. The summed E-state index contributed by atoms with van der Waals surface area (Å²) in [7, 11) is 0. The molecule has 0 spiro atoms. The summed E-state index contributed by atoms with van der Waals surface area (Å²) in [6, 6.07) is 5.82. The Hall–Kier alpha value is -1.26. The van der Waals surface area contributed by atoms with Gasteiger partial charge in [-0.3, -0.25) is 9.97 Å². The highest BCUT2D eigenvalue weighted by molar-refractivity contribution is 9.10. The monoisotopic (exact) mass is 277 g/mol. The molecule has 1 unspecified atom stereocenters. The lowest BCUT2D eigenvalue weighted by atomic mass is 10.00. The molecule has 0 bridgehead atoms. The molecule has 1 atom stereocenters. The molecule has 16 heavy (non-hydrogen) atoms. The summed E-state index contributed by atoms with van der Waals surface area (Å²) in [4.78, 5) is 8.25. The van der Waals surface area contributed by atoms with Gasteiger partial charge in [0.15, 0.2) is 0 Å². The lowest BCUT2D eigenvalue weighted by molar-refractivity contribution is 0.810. The van der Waals surface area contributed by atoms with E-state index in [1.165, 1.54) is 0 Å². The summed E-state index contributed by atoms with van der Waals surface area (Å²) in [6.07, 6.45) is 5.00. The summed E-state index contributed by atoms with van der Waals surface area (Å²) in [5.41, 5.74) is 9.15. The van der Waals surface area contributed by atoms with E-state index in [1.807, 2.05) is 25.1 Å². The van der Waals surface area contributed by atoms with Crippen LogP contribution in [0.3, 0.4) is 0 Å². The normalized spacial score (nSPS) is 12.4. The average molecular weight is 278 g/mol. The van der Waals surface area contributed by atoms with Crippen LogP contribution in [0.2, 0.25) is 0 Å². The Kier molecular flexibility index (Phi) is 3.31. The smallest absolute Gasteiger partial charge is 0.0799 e. The second kappa shape index (κ2) is 4.72. The van der Waals surface area contributed by atoms with Gasteiger partial charge < -0.3 is 5.73 Å². The average Bonchev–Trinajstić information content (AvgIpc) is 2.29. The number of nitrogens with two attached hydrogens (primary N) is 1. The molecule has 3 nitrogen and oxygen atoms in total. The number of aromatic nitrogens is 2. The van der Waals surface area contributed by atoms with E-state index in [0.29, 0.717) is 0 Å². The molecule has 2 N–H and O–H groups in total. The summed E-state index contributed by atoms with van der Waals surface area (Å²) < 4.78 is 1.06. The van der Waals surface area contributed by atoms with Crippen molar-refractivity contribution in [2.75, 3.05) is 0 Å². The van der Waals surface area contributed by atoms with Crippen molar-refractivity contribution < 1.29 is 0 Å². The van der Waals surface area contributed by atoms with Crippen LogP contribution in [0.1, 0.15) is 22.9 Å². The number of rotatable bonds is 2. The van der Waals surface area contributed by atoms with Crippen LogP contribution in [0.15, 0.2) is 41.3 Å². The Morgan fingerprint density at radius 1 is 1.31 bits per heavy atom. The van der Waals surface area contributed by atoms with Crippen LogP contribution in [0.25, 0.3) is 0 Å².